The van der Waals surface area contributed by atoms with Crippen LogP contribution in [-0.4, -0.2) is 15.7 Å². The average Bonchev–Trinajstić information content (AvgIpc) is 2.87. The van der Waals surface area contributed by atoms with E-state index in [-0.39, 0.29) is 22.7 Å². The molecule has 3 nitrogen and oxygen atoms in total. The van der Waals surface area contributed by atoms with Gasteiger partial charge in [-0.2, -0.15) is 0 Å². The molecular formula is C12H7BrF3N2OS-. The molecule has 0 radical (unpaired) electrons. The fourth-order valence-corrected chi connectivity index (χ4v) is 2.39. The highest BCUT2D eigenvalue weighted by atomic mass is 79.9. The highest BCUT2D eigenvalue weighted by Crippen LogP contribution is 2.26. The van der Waals surface area contributed by atoms with Crippen LogP contribution < -0.4 is 21.7 Å². The number of nitrogens with zero attached hydrogens (tertiary/aromatic N) is 2. The lowest BCUT2D eigenvalue weighted by atomic mass is 10.2. The molecule has 106 valence electrons. The van der Waals surface area contributed by atoms with Crippen LogP contribution in [0.2, 0.25) is 0 Å². The molecule has 2 heterocycles. The second-order valence-corrected chi connectivity index (χ2v) is 4.66. The molecule has 3 rings (SSSR count). The van der Waals surface area contributed by atoms with E-state index in [1.807, 2.05) is 22.2 Å². The zero-order chi connectivity index (χ0) is 13.5. The fourth-order valence-electron chi connectivity index (χ4n) is 1.69. The molecule has 0 unspecified atom stereocenters. The Balaban J connectivity index is 0.00000147. The molecular weight excluding hydrogens is 357 g/mol. The molecule has 2 aromatic heterocycles. The van der Waals surface area contributed by atoms with Crippen LogP contribution in [-0.2, 0) is 0 Å². The quantitative estimate of drug-likeness (QED) is 0.678. The SMILES string of the molecule is FC(F)(F)Oc1ccc(-c2cn3ccsc3n2)cc1.[Br-]. The van der Waals surface area contributed by atoms with E-state index in [4.69, 9.17) is 0 Å². The van der Waals surface area contributed by atoms with Gasteiger partial charge < -0.3 is 21.7 Å². The van der Waals surface area contributed by atoms with Crippen molar-refractivity contribution in [2.45, 2.75) is 6.36 Å². The largest absolute Gasteiger partial charge is 1.00 e. The zero-order valence-electron chi connectivity index (χ0n) is 9.76. The Labute approximate surface area is 126 Å². The third kappa shape index (κ3) is 3.13. The smallest absolute Gasteiger partial charge is 0.573 e. The van der Waals surface area contributed by atoms with E-state index in [9.17, 15) is 13.2 Å². The number of halogens is 4. The van der Waals surface area contributed by atoms with E-state index >= 15 is 0 Å². The maximum Gasteiger partial charge on any atom is 0.573 e. The van der Waals surface area contributed by atoms with Gasteiger partial charge in [-0.1, -0.05) is 0 Å². The van der Waals surface area contributed by atoms with Gasteiger partial charge >= 0.3 is 6.36 Å². The molecule has 0 aliphatic heterocycles. The summed E-state index contributed by atoms with van der Waals surface area (Å²) in [5.74, 6) is -0.239. The maximum absolute atomic E-state index is 12.0. The Morgan fingerprint density at radius 1 is 1.15 bits per heavy atom. The molecule has 0 fully saturated rings. The summed E-state index contributed by atoms with van der Waals surface area (Å²) in [7, 11) is 0. The monoisotopic (exact) mass is 363 g/mol. The number of fused-ring (bicyclic) bond motifs is 1. The average molecular weight is 364 g/mol. The molecule has 20 heavy (non-hydrogen) atoms. The number of imidazole rings is 1. The van der Waals surface area contributed by atoms with Crippen molar-refractivity contribution in [3.05, 3.63) is 42.0 Å². The summed E-state index contributed by atoms with van der Waals surface area (Å²) in [6, 6.07) is 5.65. The van der Waals surface area contributed by atoms with Crippen LogP contribution in [0.5, 0.6) is 5.75 Å². The Hall–Kier alpha value is -1.54. The highest BCUT2D eigenvalue weighted by Gasteiger charge is 2.30. The Morgan fingerprint density at radius 3 is 2.45 bits per heavy atom. The highest BCUT2D eigenvalue weighted by molar-refractivity contribution is 7.15. The molecule has 0 N–H and O–H groups in total. The van der Waals surface area contributed by atoms with Gasteiger partial charge in [0.2, 0.25) is 0 Å². The van der Waals surface area contributed by atoms with E-state index in [1.165, 1.54) is 23.5 Å². The van der Waals surface area contributed by atoms with E-state index < -0.39 is 6.36 Å². The van der Waals surface area contributed by atoms with E-state index in [1.54, 1.807) is 12.1 Å². The van der Waals surface area contributed by atoms with Crippen molar-refractivity contribution in [2.75, 3.05) is 0 Å². The number of aromatic nitrogens is 2. The first kappa shape index (κ1) is 14.9. The molecule has 0 saturated heterocycles. The van der Waals surface area contributed by atoms with Gasteiger partial charge in [0.05, 0.1) is 5.69 Å². The predicted octanol–water partition coefficient (Wildman–Crippen LogP) is 0.965. The first-order valence-electron chi connectivity index (χ1n) is 5.30. The second kappa shape index (κ2) is 5.45. The molecule has 1 aromatic carbocycles. The molecule has 0 atom stereocenters. The van der Waals surface area contributed by atoms with Crippen molar-refractivity contribution < 1.29 is 34.9 Å². The Bertz CT molecular complexity index is 677. The van der Waals surface area contributed by atoms with Gasteiger partial charge in [0.1, 0.15) is 5.75 Å². The molecule has 0 bridgehead atoms. The van der Waals surface area contributed by atoms with Crippen LogP contribution in [0.1, 0.15) is 0 Å². The molecule has 0 aliphatic carbocycles. The maximum atomic E-state index is 12.0. The minimum atomic E-state index is -4.67. The van der Waals surface area contributed by atoms with E-state index in [0.29, 0.717) is 5.69 Å². The van der Waals surface area contributed by atoms with Crippen LogP contribution in [0.3, 0.4) is 0 Å². The van der Waals surface area contributed by atoms with Crippen molar-refractivity contribution in [3.8, 4) is 17.0 Å². The van der Waals surface area contributed by atoms with E-state index in [2.05, 4.69) is 9.72 Å². The molecule has 0 aliphatic rings. The van der Waals surface area contributed by atoms with E-state index in [0.717, 1.165) is 10.5 Å². The molecule has 0 saturated carbocycles. The van der Waals surface area contributed by atoms with Gasteiger partial charge in [-0.25, -0.2) is 4.98 Å². The zero-order valence-corrected chi connectivity index (χ0v) is 12.2. The third-order valence-corrected chi connectivity index (χ3v) is 3.25. The first-order chi connectivity index (χ1) is 9.01. The van der Waals surface area contributed by atoms with Gasteiger partial charge in [-0.3, -0.25) is 4.40 Å². The van der Waals surface area contributed by atoms with Gasteiger partial charge in [-0.15, -0.1) is 24.5 Å². The van der Waals surface area contributed by atoms with Gasteiger partial charge in [0, 0.05) is 23.3 Å². The summed E-state index contributed by atoms with van der Waals surface area (Å²) in [4.78, 5) is 5.20. The summed E-state index contributed by atoms with van der Waals surface area (Å²) in [6.07, 6.45) is -0.971. The van der Waals surface area contributed by atoms with Gasteiger partial charge in [0.15, 0.2) is 4.96 Å². The second-order valence-electron chi connectivity index (χ2n) is 3.79. The number of rotatable bonds is 2. The molecule has 8 heteroatoms. The van der Waals surface area contributed by atoms with Crippen molar-refractivity contribution >= 4 is 16.3 Å². The number of hydrogen-bond donors (Lipinski definition) is 0. The van der Waals surface area contributed by atoms with Crippen molar-refractivity contribution in [1.82, 2.24) is 9.38 Å². The summed E-state index contributed by atoms with van der Waals surface area (Å²) >= 11 is 1.49. The predicted molar refractivity (Wildman–Crippen MR) is 65.2 cm³/mol. The molecule has 0 spiro atoms. The lowest BCUT2D eigenvalue weighted by molar-refractivity contribution is -0.274. The summed E-state index contributed by atoms with van der Waals surface area (Å²) in [5, 5.41) is 1.91. The third-order valence-electron chi connectivity index (χ3n) is 2.48. The minimum Gasteiger partial charge on any atom is -1.00 e. The fraction of sp³-hybridized carbons (Fsp3) is 0.0833. The molecule has 3 aromatic rings. The first-order valence-corrected chi connectivity index (χ1v) is 6.18. The number of hydrogen-bond acceptors (Lipinski definition) is 3. The topological polar surface area (TPSA) is 26.5 Å². The van der Waals surface area contributed by atoms with Crippen LogP contribution in [0, 0.1) is 0 Å². The number of thiazole rings is 1. The Kier molecular flexibility index (Phi) is 4.05. The lowest BCUT2D eigenvalue weighted by Crippen LogP contribution is -3.00. The summed E-state index contributed by atoms with van der Waals surface area (Å²) in [6.45, 7) is 0. The normalized spacial score (nSPS) is 11.3. The van der Waals surface area contributed by atoms with Crippen LogP contribution in [0.4, 0.5) is 13.2 Å². The van der Waals surface area contributed by atoms with Crippen LogP contribution >= 0.6 is 11.3 Å². The van der Waals surface area contributed by atoms with Crippen molar-refractivity contribution in [1.29, 1.82) is 0 Å². The van der Waals surface area contributed by atoms with Crippen LogP contribution in [0.25, 0.3) is 16.2 Å². The minimum absolute atomic E-state index is 0. The number of ether oxygens (including phenoxy) is 1. The summed E-state index contributed by atoms with van der Waals surface area (Å²) < 4.78 is 41.8. The Morgan fingerprint density at radius 2 is 1.85 bits per heavy atom. The van der Waals surface area contributed by atoms with Crippen LogP contribution in [0.15, 0.2) is 42.0 Å². The number of benzene rings is 1. The van der Waals surface area contributed by atoms with Crippen molar-refractivity contribution in [2.24, 2.45) is 0 Å². The summed E-state index contributed by atoms with van der Waals surface area (Å²) in [5.41, 5.74) is 1.45. The van der Waals surface area contributed by atoms with Crippen molar-refractivity contribution in [3.63, 3.8) is 0 Å². The van der Waals surface area contributed by atoms with Gasteiger partial charge in [0.25, 0.3) is 0 Å². The number of alkyl halides is 3. The lowest BCUT2D eigenvalue weighted by Gasteiger charge is -2.08. The standard InChI is InChI=1S/C12H7F3N2OS.BrH/c13-12(14,15)18-9-3-1-8(2-4-9)10-7-17-5-6-19-11(17)16-10;/h1-7H;1H/p-1. The molecule has 0 amide bonds. The van der Waals surface area contributed by atoms with Gasteiger partial charge in [-0.05, 0) is 24.3 Å².